The van der Waals surface area contributed by atoms with E-state index in [0.717, 1.165) is 5.56 Å². The van der Waals surface area contributed by atoms with Crippen molar-refractivity contribution in [3.05, 3.63) is 83.6 Å². The van der Waals surface area contributed by atoms with Crippen LogP contribution in [0.4, 0.5) is 20.6 Å². The van der Waals surface area contributed by atoms with Gasteiger partial charge in [-0.1, -0.05) is 12.1 Å². The number of carbonyl (C=O) groups excluding carboxylic acids is 2. The molecule has 1 heterocycles. The number of furan rings is 1. The van der Waals surface area contributed by atoms with Gasteiger partial charge in [0.2, 0.25) is 0 Å². The smallest absolute Gasteiger partial charge is 0.319 e. The molecular formula is C20H18FN3O3. The van der Waals surface area contributed by atoms with E-state index in [9.17, 15) is 14.0 Å². The zero-order valence-corrected chi connectivity index (χ0v) is 14.6. The quantitative estimate of drug-likeness (QED) is 0.629. The summed E-state index contributed by atoms with van der Waals surface area (Å²) >= 11 is 0. The van der Waals surface area contributed by atoms with Gasteiger partial charge in [0.15, 0.2) is 5.76 Å². The van der Waals surface area contributed by atoms with E-state index in [2.05, 4.69) is 16.0 Å². The maximum atomic E-state index is 13.2. The molecule has 3 N–H and O–H groups in total. The van der Waals surface area contributed by atoms with Crippen LogP contribution in [0.2, 0.25) is 0 Å². The number of hydrogen-bond acceptors (Lipinski definition) is 3. The number of nitrogens with one attached hydrogen (secondary N) is 3. The standard InChI is InChI=1S/C20H18FN3O3/c1-13-11-14(4-9-17(13)21)12-22-20(26)24-16-7-5-15(6-8-16)23-19(25)18-3-2-10-27-18/h2-11H,12H2,1H3,(H,23,25)(H2,22,24,26). The van der Waals surface area contributed by atoms with Crippen LogP contribution in [0.15, 0.2) is 65.3 Å². The minimum Gasteiger partial charge on any atom is -0.459 e. The van der Waals surface area contributed by atoms with E-state index >= 15 is 0 Å². The van der Waals surface area contributed by atoms with Crippen LogP contribution in [0, 0.1) is 12.7 Å². The van der Waals surface area contributed by atoms with Crippen molar-refractivity contribution in [1.29, 1.82) is 0 Å². The first kappa shape index (κ1) is 18.2. The zero-order valence-electron chi connectivity index (χ0n) is 14.6. The SMILES string of the molecule is Cc1cc(CNC(=O)Nc2ccc(NC(=O)c3ccco3)cc2)ccc1F. The van der Waals surface area contributed by atoms with Crippen molar-refractivity contribution >= 4 is 23.3 Å². The molecule has 2 aromatic carbocycles. The van der Waals surface area contributed by atoms with Crippen LogP contribution < -0.4 is 16.0 Å². The van der Waals surface area contributed by atoms with Gasteiger partial charge in [-0.2, -0.15) is 0 Å². The van der Waals surface area contributed by atoms with Crippen LogP contribution in [0.1, 0.15) is 21.7 Å². The van der Waals surface area contributed by atoms with E-state index in [0.29, 0.717) is 16.9 Å². The summed E-state index contributed by atoms with van der Waals surface area (Å²) in [6.45, 7) is 1.95. The summed E-state index contributed by atoms with van der Waals surface area (Å²) in [6, 6.07) is 14.2. The Morgan fingerprint density at radius 3 is 2.33 bits per heavy atom. The number of aryl methyl sites for hydroxylation is 1. The molecular weight excluding hydrogens is 349 g/mol. The number of urea groups is 1. The number of anilines is 2. The van der Waals surface area contributed by atoms with Crippen LogP contribution in [0.3, 0.4) is 0 Å². The number of amides is 3. The highest BCUT2D eigenvalue weighted by atomic mass is 19.1. The summed E-state index contributed by atoms with van der Waals surface area (Å²) in [6.07, 6.45) is 1.42. The summed E-state index contributed by atoms with van der Waals surface area (Å²) in [7, 11) is 0. The van der Waals surface area contributed by atoms with Gasteiger partial charge in [0.25, 0.3) is 5.91 Å². The molecule has 3 rings (SSSR count). The van der Waals surface area contributed by atoms with Crippen LogP contribution >= 0.6 is 0 Å². The Bertz CT molecular complexity index is 938. The summed E-state index contributed by atoms with van der Waals surface area (Å²) < 4.78 is 18.3. The first-order valence-electron chi connectivity index (χ1n) is 8.26. The molecule has 6 nitrogen and oxygen atoms in total. The van der Waals surface area contributed by atoms with Gasteiger partial charge in [-0.05, 0) is 60.5 Å². The molecule has 0 radical (unpaired) electrons. The van der Waals surface area contributed by atoms with E-state index in [-0.39, 0.29) is 30.1 Å². The third kappa shape index (κ3) is 4.94. The van der Waals surface area contributed by atoms with Crippen molar-refractivity contribution in [2.75, 3.05) is 10.6 Å². The van der Waals surface area contributed by atoms with Gasteiger partial charge < -0.3 is 20.4 Å². The predicted molar refractivity (Wildman–Crippen MR) is 100 cm³/mol. The third-order valence-electron chi connectivity index (χ3n) is 3.82. The predicted octanol–water partition coefficient (Wildman–Crippen LogP) is 4.30. The minimum atomic E-state index is -0.385. The van der Waals surface area contributed by atoms with Gasteiger partial charge in [0.1, 0.15) is 5.82 Å². The third-order valence-corrected chi connectivity index (χ3v) is 3.82. The van der Waals surface area contributed by atoms with E-state index in [4.69, 9.17) is 4.42 Å². The fourth-order valence-electron chi connectivity index (χ4n) is 2.41. The number of carbonyl (C=O) groups is 2. The van der Waals surface area contributed by atoms with Crippen molar-refractivity contribution in [3.63, 3.8) is 0 Å². The maximum Gasteiger partial charge on any atom is 0.319 e. The Kier molecular flexibility index (Phi) is 5.51. The first-order valence-corrected chi connectivity index (χ1v) is 8.26. The van der Waals surface area contributed by atoms with Gasteiger partial charge in [0.05, 0.1) is 6.26 Å². The lowest BCUT2D eigenvalue weighted by Gasteiger charge is -2.09. The lowest BCUT2D eigenvalue weighted by atomic mass is 10.1. The normalized spacial score (nSPS) is 10.3. The second kappa shape index (κ2) is 8.18. The number of benzene rings is 2. The van der Waals surface area contributed by atoms with E-state index in [1.54, 1.807) is 55.5 Å². The molecule has 3 aromatic rings. The van der Waals surface area contributed by atoms with Crippen molar-refractivity contribution in [1.82, 2.24) is 5.32 Å². The Hall–Kier alpha value is -3.61. The Morgan fingerprint density at radius 2 is 1.70 bits per heavy atom. The summed E-state index contributed by atoms with van der Waals surface area (Å²) in [4.78, 5) is 23.9. The Balaban J connectivity index is 1.50. The topological polar surface area (TPSA) is 83.4 Å². The molecule has 0 bridgehead atoms. The van der Waals surface area contributed by atoms with Crippen LogP contribution in [-0.2, 0) is 6.54 Å². The first-order chi connectivity index (χ1) is 13.0. The highest BCUT2D eigenvalue weighted by Crippen LogP contribution is 2.15. The molecule has 3 amide bonds. The largest absolute Gasteiger partial charge is 0.459 e. The average molecular weight is 367 g/mol. The molecule has 1 aromatic heterocycles. The molecule has 0 unspecified atom stereocenters. The molecule has 0 aliphatic carbocycles. The zero-order chi connectivity index (χ0) is 19.2. The number of rotatable bonds is 5. The average Bonchev–Trinajstić information content (AvgIpc) is 3.19. The van der Waals surface area contributed by atoms with E-state index in [1.165, 1.54) is 12.3 Å². The fourth-order valence-corrected chi connectivity index (χ4v) is 2.41. The van der Waals surface area contributed by atoms with Gasteiger partial charge >= 0.3 is 6.03 Å². The lowest BCUT2D eigenvalue weighted by Crippen LogP contribution is -2.28. The number of halogens is 1. The van der Waals surface area contributed by atoms with Gasteiger partial charge in [-0.3, -0.25) is 4.79 Å². The molecule has 138 valence electrons. The highest BCUT2D eigenvalue weighted by Gasteiger charge is 2.09. The molecule has 0 aliphatic heterocycles. The van der Waals surface area contributed by atoms with E-state index < -0.39 is 0 Å². The van der Waals surface area contributed by atoms with Crippen LogP contribution in [0.25, 0.3) is 0 Å². The summed E-state index contributed by atoms with van der Waals surface area (Å²) in [5, 5.41) is 8.09. The summed E-state index contributed by atoms with van der Waals surface area (Å²) in [5.74, 6) is -0.414. The molecule has 0 spiro atoms. The van der Waals surface area contributed by atoms with Gasteiger partial charge in [-0.25, -0.2) is 9.18 Å². The second-order valence-corrected chi connectivity index (χ2v) is 5.90. The molecule has 7 heteroatoms. The summed E-state index contributed by atoms with van der Waals surface area (Å²) in [5.41, 5.74) is 2.48. The second-order valence-electron chi connectivity index (χ2n) is 5.90. The van der Waals surface area contributed by atoms with Crippen LogP contribution in [0.5, 0.6) is 0 Å². The van der Waals surface area contributed by atoms with Crippen molar-refractivity contribution < 1.29 is 18.4 Å². The van der Waals surface area contributed by atoms with Crippen molar-refractivity contribution in [2.45, 2.75) is 13.5 Å². The lowest BCUT2D eigenvalue weighted by molar-refractivity contribution is 0.0996. The molecule has 0 saturated carbocycles. The van der Waals surface area contributed by atoms with Gasteiger partial charge in [0, 0.05) is 17.9 Å². The monoisotopic (exact) mass is 367 g/mol. The molecule has 27 heavy (non-hydrogen) atoms. The highest BCUT2D eigenvalue weighted by molar-refractivity contribution is 6.02. The molecule has 0 atom stereocenters. The van der Waals surface area contributed by atoms with Gasteiger partial charge in [-0.15, -0.1) is 0 Å². The van der Waals surface area contributed by atoms with Crippen molar-refractivity contribution in [3.8, 4) is 0 Å². The number of hydrogen-bond donors (Lipinski definition) is 3. The Morgan fingerprint density at radius 1 is 1.00 bits per heavy atom. The Labute approximate surface area is 155 Å². The van der Waals surface area contributed by atoms with Crippen molar-refractivity contribution in [2.24, 2.45) is 0 Å². The van der Waals surface area contributed by atoms with E-state index in [1.807, 2.05) is 0 Å². The van der Waals surface area contributed by atoms with Crippen LogP contribution in [-0.4, -0.2) is 11.9 Å². The minimum absolute atomic E-state index is 0.215. The molecule has 0 fully saturated rings. The maximum absolute atomic E-state index is 13.2. The fraction of sp³-hybridized carbons (Fsp3) is 0.100. The molecule has 0 aliphatic rings. The molecule has 0 saturated heterocycles.